The summed E-state index contributed by atoms with van der Waals surface area (Å²) in [5.74, 6) is -1.73. The molecular formula is C11H11FN2O4. The van der Waals surface area contributed by atoms with Gasteiger partial charge in [-0.05, 0) is 25.0 Å². The Morgan fingerprint density at radius 3 is 2.89 bits per heavy atom. The number of benzene rings is 1. The van der Waals surface area contributed by atoms with Crippen molar-refractivity contribution in [2.75, 3.05) is 11.4 Å². The minimum absolute atomic E-state index is 0.159. The number of rotatable bonds is 3. The van der Waals surface area contributed by atoms with E-state index in [0.29, 0.717) is 19.4 Å². The molecule has 2 rings (SSSR count). The molecule has 1 aliphatic rings. The van der Waals surface area contributed by atoms with E-state index in [9.17, 15) is 19.3 Å². The van der Waals surface area contributed by atoms with Crippen LogP contribution in [0.1, 0.15) is 12.8 Å². The van der Waals surface area contributed by atoms with Gasteiger partial charge >= 0.3 is 5.97 Å². The normalized spacial score (nSPS) is 18.9. The lowest BCUT2D eigenvalue weighted by Crippen LogP contribution is -2.36. The molecule has 0 spiro atoms. The van der Waals surface area contributed by atoms with Crippen LogP contribution in [0.5, 0.6) is 0 Å². The van der Waals surface area contributed by atoms with Gasteiger partial charge in [-0.3, -0.25) is 10.1 Å². The van der Waals surface area contributed by atoms with E-state index < -0.39 is 28.4 Å². The van der Waals surface area contributed by atoms with E-state index in [-0.39, 0.29) is 5.69 Å². The molecule has 6 nitrogen and oxygen atoms in total. The Bertz CT molecular complexity index is 506. The quantitative estimate of drug-likeness (QED) is 0.656. The number of carboxylic acid groups (broad SMARTS) is 1. The Hall–Kier alpha value is -2.18. The van der Waals surface area contributed by atoms with Crippen molar-refractivity contribution >= 4 is 17.3 Å². The molecule has 0 aromatic heterocycles. The third-order valence-electron chi connectivity index (χ3n) is 2.98. The summed E-state index contributed by atoms with van der Waals surface area (Å²) in [6.45, 7) is 0.420. The van der Waals surface area contributed by atoms with Gasteiger partial charge in [-0.2, -0.15) is 0 Å². The Kier molecular flexibility index (Phi) is 3.14. The van der Waals surface area contributed by atoms with Crippen molar-refractivity contribution in [3.63, 3.8) is 0 Å². The molecule has 0 radical (unpaired) electrons. The van der Waals surface area contributed by atoms with Crippen LogP contribution in [-0.2, 0) is 4.79 Å². The van der Waals surface area contributed by atoms with Crippen molar-refractivity contribution in [3.05, 3.63) is 34.1 Å². The first-order valence-corrected chi connectivity index (χ1v) is 5.44. The number of hydrogen-bond acceptors (Lipinski definition) is 4. The van der Waals surface area contributed by atoms with Crippen molar-refractivity contribution in [1.82, 2.24) is 0 Å². The van der Waals surface area contributed by atoms with Gasteiger partial charge in [0.25, 0.3) is 5.69 Å². The first-order valence-electron chi connectivity index (χ1n) is 5.44. The number of aliphatic carboxylic acids is 1. The molecule has 1 aliphatic heterocycles. The van der Waals surface area contributed by atoms with Crippen LogP contribution in [-0.4, -0.2) is 28.6 Å². The molecule has 1 heterocycles. The lowest BCUT2D eigenvalue weighted by Gasteiger charge is -2.23. The molecule has 1 fully saturated rings. The zero-order valence-electron chi connectivity index (χ0n) is 9.38. The zero-order chi connectivity index (χ0) is 13.3. The summed E-state index contributed by atoms with van der Waals surface area (Å²) in [5.41, 5.74) is -0.241. The van der Waals surface area contributed by atoms with Gasteiger partial charge in [-0.25, -0.2) is 9.18 Å². The molecule has 1 saturated heterocycles. The second-order valence-electron chi connectivity index (χ2n) is 4.08. The fourth-order valence-corrected chi connectivity index (χ4v) is 2.20. The maximum atomic E-state index is 13.0. The summed E-state index contributed by atoms with van der Waals surface area (Å²) in [5, 5.41) is 19.9. The monoisotopic (exact) mass is 254 g/mol. The van der Waals surface area contributed by atoms with Crippen LogP contribution in [0.2, 0.25) is 0 Å². The number of anilines is 1. The van der Waals surface area contributed by atoms with Crippen molar-refractivity contribution in [2.45, 2.75) is 18.9 Å². The maximum Gasteiger partial charge on any atom is 0.326 e. The standard InChI is InChI=1S/C11H11FN2O4/c12-7-3-4-8(10(6-7)14(17)18)13-5-1-2-9(13)11(15)16/h3-4,6,9H,1-2,5H2,(H,15,16)/t9-/m1/s1. The second kappa shape index (κ2) is 4.59. The average molecular weight is 254 g/mol. The largest absolute Gasteiger partial charge is 0.480 e. The van der Waals surface area contributed by atoms with Gasteiger partial charge in [0.1, 0.15) is 17.5 Å². The molecule has 1 aromatic rings. The fourth-order valence-electron chi connectivity index (χ4n) is 2.20. The highest BCUT2D eigenvalue weighted by Gasteiger charge is 2.34. The van der Waals surface area contributed by atoms with Gasteiger partial charge in [0.15, 0.2) is 0 Å². The van der Waals surface area contributed by atoms with E-state index in [2.05, 4.69) is 0 Å². The number of hydrogen-bond donors (Lipinski definition) is 1. The smallest absolute Gasteiger partial charge is 0.326 e. The van der Waals surface area contributed by atoms with Crippen molar-refractivity contribution in [1.29, 1.82) is 0 Å². The molecule has 1 atom stereocenters. The van der Waals surface area contributed by atoms with Crippen molar-refractivity contribution in [3.8, 4) is 0 Å². The Labute approximate surface area is 102 Å². The van der Waals surface area contributed by atoms with Gasteiger partial charge in [0.2, 0.25) is 0 Å². The highest BCUT2D eigenvalue weighted by Crippen LogP contribution is 2.34. The zero-order valence-corrected chi connectivity index (χ0v) is 9.38. The Morgan fingerprint density at radius 1 is 1.56 bits per heavy atom. The van der Waals surface area contributed by atoms with Gasteiger partial charge in [-0.15, -0.1) is 0 Å². The summed E-state index contributed by atoms with van der Waals surface area (Å²) in [6.07, 6.45) is 1.08. The minimum Gasteiger partial charge on any atom is -0.480 e. The number of nitro groups is 1. The topological polar surface area (TPSA) is 83.7 Å². The molecule has 0 bridgehead atoms. The highest BCUT2D eigenvalue weighted by atomic mass is 19.1. The van der Waals surface area contributed by atoms with Gasteiger partial charge in [0.05, 0.1) is 11.0 Å². The summed E-state index contributed by atoms with van der Waals surface area (Å²) < 4.78 is 13.0. The van der Waals surface area contributed by atoms with E-state index >= 15 is 0 Å². The van der Waals surface area contributed by atoms with Gasteiger partial charge in [0, 0.05) is 6.54 Å². The van der Waals surface area contributed by atoms with E-state index in [1.807, 2.05) is 0 Å². The lowest BCUT2D eigenvalue weighted by molar-refractivity contribution is -0.384. The summed E-state index contributed by atoms with van der Waals surface area (Å²) in [6, 6.07) is 2.38. The van der Waals surface area contributed by atoms with Crippen LogP contribution in [0.4, 0.5) is 15.8 Å². The Balaban J connectivity index is 2.44. The fraction of sp³-hybridized carbons (Fsp3) is 0.364. The molecule has 0 saturated carbocycles. The van der Waals surface area contributed by atoms with Crippen LogP contribution in [0, 0.1) is 15.9 Å². The third-order valence-corrected chi connectivity index (χ3v) is 2.98. The molecule has 7 heteroatoms. The summed E-state index contributed by atoms with van der Waals surface area (Å²) >= 11 is 0. The molecule has 1 N–H and O–H groups in total. The first-order chi connectivity index (χ1) is 8.50. The number of halogens is 1. The Morgan fingerprint density at radius 2 is 2.28 bits per heavy atom. The van der Waals surface area contributed by atoms with Gasteiger partial charge < -0.3 is 10.0 Å². The number of carboxylic acids is 1. The van der Waals surface area contributed by atoms with Crippen LogP contribution >= 0.6 is 0 Å². The SMILES string of the molecule is O=C(O)[C@H]1CCCN1c1ccc(F)cc1[N+](=O)[O-]. The van der Waals surface area contributed by atoms with Crippen molar-refractivity contribution < 1.29 is 19.2 Å². The van der Waals surface area contributed by atoms with Crippen LogP contribution in [0.15, 0.2) is 18.2 Å². The average Bonchev–Trinajstić information content (AvgIpc) is 2.77. The van der Waals surface area contributed by atoms with Crippen LogP contribution in [0.3, 0.4) is 0 Å². The van der Waals surface area contributed by atoms with E-state index in [0.717, 1.165) is 12.1 Å². The first kappa shape index (κ1) is 12.3. The molecule has 0 unspecified atom stereocenters. The van der Waals surface area contributed by atoms with E-state index in [1.165, 1.54) is 11.0 Å². The van der Waals surface area contributed by atoms with Crippen LogP contribution in [0.25, 0.3) is 0 Å². The highest BCUT2D eigenvalue weighted by molar-refractivity contribution is 5.80. The molecule has 1 aromatic carbocycles. The minimum atomic E-state index is -1.02. The second-order valence-corrected chi connectivity index (χ2v) is 4.08. The molecular weight excluding hydrogens is 243 g/mol. The number of carbonyl (C=O) groups is 1. The third kappa shape index (κ3) is 2.11. The molecule has 0 amide bonds. The van der Waals surface area contributed by atoms with Gasteiger partial charge in [-0.1, -0.05) is 0 Å². The van der Waals surface area contributed by atoms with Crippen molar-refractivity contribution in [2.24, 2.45) is 0 Å². The predicted octanol–water partition coefficient (Wildman–Crippen LogP) is 1.79. The maximum absolute atomic E-state index is 13.0. The summed E-state index contributed by atoms with van der Waals surface area (Å²) in [7, 11) is 0. The molecule has 18 heavy (non-hydrogen) atoms. The molecule has 96 valence electrons. The van der Waals surface area contributed by atoms with Crippen LogP contribution < -0.4 is 4.90 Å². The predicted molar refractivity (Wildman–Crippen MR) is 61.1 cm³/mol. The number of nitro benzene ring substituents is 1. The lowest BCUT2D eigenvalue weighted by atomic mass is 10.2. The van der Waals surface area contributed by atoms with E-state index in [4.69, 9.17) is 5.11 Å². The summed E-state index contributed by atoms with van der Waals surface area (Å²) in [4.78, 5) is 22.7. The van der Waals surface area contributed by atoms with E-state index in [1.54, 1.807) is 0 Å². The molecule has 0 aliphatic carbocycles. The number of nitrogens with zero attached hydrogens (tertiary/aromatic N) is 2.